The van der Waals surface area contributed by atoms with E-state index < -0.39 is 0 Å². The minimum atomic E-state index is 0.613. The van der Waals surface area contributed by atoms with Gasteiger partial charge in [-0.2, -0.15) is 0 Å². The molecule has 4 aromatic rings. The third-order valence-corrected chi connectivity index (χ3v) is 4.61. The molecule has 28 heavy (non-hydrogen) atoms. The van der Waals surface area contributed by atoms with E-state index in [0.29, 0.717) is 17.3 Å². The quantitative estimate of drug-likeness (QED) is 0.497. The third kappa shape index (κ3) is 3.62. The fraction of sp³-hybridized carbons (Fsp3) is 0.238. The zero-order valence-electron chi connectivity index (χ0n) is 15.7. The highest BCUT2D eigenvalue weighted by molar-refractivity contribution is 6.01. The Morgan fingerprint density at radius 1 is 1.04 bits per heavy atom. The van der Waals surface area contributed by atoms with Crippen LogP contribution in [0.4, 0.5) is 5.69 Å². The number of nitrogen functional groups attached to an aromatic ring is 1. The lowest BCUT2D eigenvalue weighted by Crippen LogP contribution is -2.30. The first-order valence-electron chi connectivity index (χ1n) is 9.22. The molecule has 4 N–H and O–H groups in total. The van der Waals surface area contributed by atoms with Crippen molar-refractivity contribution in [1.82, 2.24) is 20.3 Å². The number of benzene rings is 2. The van der Waals surface area contributed by atoms with Crippen LogP contribution >= 0.6 is 0 Å². The molecule has 7 heteroatoms. The lowest BCUT2D eigenvalue weighted by Gasteiger charge is -2.10. The van der Waals surface area contributed by atoms with Gasteiger partial charge in [0.25, 0.3) is 0 Å². The molecule has 0 radical (unpaired) electrons. The number of ether oxygens (including phenoxy) is 2. The molecule has 3 heterocycles. The van der Waals surface area contributed by atoms with Crippen LogP contribution in [-0.4, -0.2) is 48.4 Å². The fourth-order valence-corrected chi connectivity index (χ4v) is 3.19. The lowest BCUT2D eigenvalue weighted by molar-refractivity contribution is 0.109. The SMILES string of the molecule is C1COCCN1.COc1cccc2ncc(-c3nc4ccccc4[nH]3)c(N)c12. The van der Waals surface area contributed by atoms with Gasteiger partial charge < -0.3 is 25.5 Å². The second-order valence-corrected chi connectivity index (χ2v) is 6.40. The van der Waals surface area contributed by atoms with Crippen LogP contribution in [0.5, 0.6) is 5.75 Å². The average Bonchev–Trinajstić information content (AvgIpc) is 3.19. The fourth-order valence-electron chi connectivity index (χ4n) is 3.19. The van der Waals surface area contributed by atoms with Crippen molar-refractivity contribution in [1.29, 1.82) is 0 Å². The van der Waals surface area contributed by atoms with E-state index in [9.17, 15) is 0 Å². The number of para-hydroxylation sites is 2. The van der Waals surface area contributed by atoms with Gasteiger partial charge in [-0.05, 0) is 24.3 Å². The molecule has 7 nitrogen and oxygen atoms in total. The van der Waals surface area contributed by atoms with E-state index in [0.717, 1.165) is 53.8 Å². The van der Waals surface area contributed by atoms with Crippen LogP contribution in [0, 0.1) is 0 Å². The monoisotopic (exact) mass is 377 g/mol. The Hall–Kier alpha value is -3.16. The number of aromatic nitrogens is 3. The number of rotatable bonds is 2. The molecule has 1 fully saturated rings. The highest BCUT2D eigenvalue weighted by Crippen LogP contribution is 2.35. The number of nitrogens with zero attached hydrogens (tertiary/aromatic N) is 2. The van der Waals surface area contributed by atoms with Crippen molar-refractivity contribution in [2.24, 2.45) is 0 Å². The minimum absolute atomic E-state index is 0.613. The smallest absolute Gasteiger partial charge is 0.142 e. The first kappa shape index (κ1) is 18.2. The average molecular weight is 377 g/mol. The van der Waals surface area contributed by atoms with Gasteiger partial charge in [-0.15, -0.1) is 0 Å². The number of nitrogens with one attached hydrogen (secondary N) is 2. The second-order valence-electron chi connectivity index (χ2n) is 6.40. The number of hydrogen-bond donors (Lipinski definition) is 3. The van der Waals surface area contributed by atoms with Crippen molar-refractivity contribution in [3.8, 4) is 17.1 Å². The van der Waals surface area contributed by atoms with Crippen LogP contribution in [0.25, 0.3) is 33.3 Å². The van der Waals surface area contributed by atoms with Crippen molar-refractivity contribution >= 4 is 27.6 Å². The van der Waals surface area contributed by atoms with Crippen LogP contribution in [-0.2, 0) is 4.74 Å². The molecule has 0 aliphatic carbocycles. The Kier molecular flexibility index (Phi) is 5.36. The Balaban J connectivity index is 0.000000275. The molecule has 1 aliphatic rings. The summed E-state index contributed by atoms with van der Waals surface area (Å²) in [6.07, 6.45) is 1.74. The van der Waals surface area contributed by atoms with Gasteiger partial charge in [0.05, 0.1) is 53.5 Å². The van der Waals surface area contributed by atoms with Crippen LogP contribution in [0.15, 0.2) is 48.7 Å². The normalized spacial score (nSPS) is 13.9. The zero-order chi connectivity index (χ0) is 19.3. The number of imidazole rings is 1. The number of anilines is 1. The van der Waals surface area contributed by atoms with E-state index in [-0.39, 0.29) is 0 Å². The molecule has 1 saturated heterocycles. The Morgan fingerprint density at radius 3 is 2.50 bits per heavy atom. The molecule has 0 bridgehead atoms. The maximum Gasteiger partial charge on any atom is 0.142 e. The number of fused-ring (bicyclic) bond motifs is 2. The highest BCUT2D eigenvalue weighted by Gasteiger charge is 2.14. The predicted molar refractivity (Wildman–Crippen MR) is 111 cm³/mol. The molecule has 0 amide bonds. The van der Waals surface area contributed by atoms with Gasteiger partial charge in [-0.3, -0.25) is 4.98 Å². The largest absolute Gasteiger partial charge is 0.496 e. The molecule has 5 rings (SSSR count). The molecule has 2 aromatic carbocycles. The predicted octanol–water partition coefficient (Wildman–Crippen LogP) is 2.98. The summed E-state index contributed by atoms with van der Waals surface area (Å²) in [6, 6.07) is 13.6. The number of methoxy groups -OCH3 is 1. The molecule has 0 unspecified atom stereocenters. The van der Waals surface area contributed by atoms with Crippen molar-refractivity contribution in [2.45, 2.75) is 0 Å². The van der Waals surface area contributed by atoms with Crippen LogP contribution in [0.2, 0.25) is 0 Å². The van der Waals surface area contributed by atoms with E-state index in [1.165, 1.54) is 0 Å². The number of aromatic amines is 1. The summed E-state index contributed by atoms with van der Waals surface area (Å²) in [6.45, 7) is 3.83. The van der Waals surface area contributed by atoms with E-state index >= 15 is 0 Å². The van der Waals surface area contributed by atoms with Crippen LogP contribution in [0.3, 0.4) is 0 Å². The summed E-state index contributed by atoms with van der Waals surface area (Å²) in [5, 5.41) is 3.97. The number of H-pyrrole nitrogens is 1. The zero-order valence-corrected chi connectivity index (χ0v) is 15.7. The van der Waals surface area contributed by atoms with Gasteiger partial charge in [0, 0.05) is 19.3 Å². The molecule has 1 aliphatic heterocycles. The Morgan fingerprint density at radius 2 is 1.82 bits per heavy atom. The molecule has 0 atom stereocenters. The van der Waals surface area contributed by atoms with Gasteiger partial charge in [-0.25, -0.2) is 4.98 Å². The topological polar surface area (TPSA) is 98.1 Å². The summed E-state index contributed by atoms with van der Waals surface area (Å²) in [5.41, 5.74) is 10.4. The number of nitrogens with two attached hydrogens (primary N) is 1. The molecule has 0 saturated carbocycles. The standard InChI is InChI=1S/C17H14N4O.C4H9NO/c1-22-14-8-4-7-13-15(14)16(18)10(9-19-13)17-20-11-5-2-3-6-12(11)21-17;1-3-6-4-2-5-1/h2-9H,1H3,(H2,18,19)(H,20,21);5H,1-4H2. The summed E-state index contributed by atoms with van der Waals surface area (Å²) in [4.78, 5) is 12.3. The van der Waals surface area contributed by atoms with Crippen molar-refractivity contribution < 1.29 is 9.47 Å². The molecule has 0 spiro atoms. The summed E-state index contributed by atoms with van der Waals surface area (Å²) in [7, 11) is 1.63. The lowest BCUT2D eigenvalue weighted by atomic mass is 10.1. The first-order chi connectivity index (χ1) is 13.8. The Labute approximate surface area is 162 Å². The molecule has 144 valence electrons. The van der Waals surface area contributed by atoms with Crippen molar-refractivity contribution in [3.05, 3.63) is 48.7 Å². The van der Waals surface area contributed by atoms with Crippen molar-refractivity contribution in [2.75, 3.05) is 39.1 Å². The van der Waals surface area contributed by atoms with E-state index in [1.807, 2.05) is 42.5 Å². The van der Waals surface area contributed by atoms with E-state index in [1.54, 1.807) is 13.3 Å². The number of hydrogen-bond acceptors (Lipinski definition) is 6. The Bertz CT molecular complexity index is 1040. The minimum Gasteiger partial charge on any atom is -0.496 e. The van der Waals surface area contributed by atoms with Gasteiger partial charge >= 0.3 is 0 Å². The third-order valence-electron chi connectivity index (χ3n) is 4.61. The number of morpholine rings is 1. The first-order valence-corrected chi connectivity index (χ1v) is 9.22. The van der Waals surface area contributed by atoms with Gasteiger partial charge in [0.1, 0.15) is 11.6 Å². The number of pyridine rings is 1. The second kappa shape index (κ2) is 8.24. The van der Waals surface area contributed by atoms with Crippen molar-refractivity contribution in [3.63, 3.8) is 0 Å². The van der Waals surface area contributed by atoms with Gasteiger partial charge in [0.15, 0.2) is 0 Å². The summed E-state index contributed by atoms with van der Waals surface area (Å²) >= 11 is 0. The van der Waals surface area contributed by atoms with Gasteiger partial charge in [-0.1, -0.05) is 18.2 Å². The molecular weight excluding hydrogens is 354 g/mol. The van der Waals surface area contributed by atoms with Crippen LogP contribution < -0.4 is 15.8 Å². The van der Waals surface area contributed by atoms with E-state index in [2.05, 4.69) is 20.3 Å². The summed E-state index contributed by atoms with van der Waals surface area (Å²) in [5.74, 6) is 1.42. The molecular formula is C21H23N5O2. The highest BCUT2D eigenvalue weighted by atomic mass is 16.5. The van der Waals surface area contributed by atoms with Gasteiger partial charge in [0.2, 0.25) is 0 Å². The maximum atomic E-state index is 6.37. The summed E-state index contributed by atoms with van der Waals surface area (Å²) < 4.78 is 10.4. The van der Waals surface area contributed by atoms with Crippen LogP contribution in [0.1, 0.15) is 0 Å². The molecule has 2 aromatic heterocycles. The van der Waals surface area contributed by atoms with E-state index in [4.69, 9.17) is 15.2 Å². The maximum absolute atomic E-state index is 6.37.